The molecule has 0 aliphatic heterocycles. The van der Waals surface area contributed by atoms with Crippen LogP contribution in [-0.4, -0.2) is 36.5 Å². The van der Waals surface area contributed by atoms with E-state index in [0.29, 0.717) is 25.3 Å². The lowest BCUT2D eigenvalue weighted by Crippen LogP contribution is -2.37. The number of hydrogen-bond acceptors (Lipinski definition) is 3. The van der Waals surface area contributed by atoms with Gasteiger partial charge >= 0.3 is 0 Å². The molecule has 0 spiro atoms. The summed E-state index contributed by atoms with van der Waals surface area (Å²) < 4.78 is 5.67. The molecule has 2 N–H and O–H groups in total. The van der Waals surface area contributed by atoms with Gasteiger partial charge in [-0.25, -0.2) is 0 Å². The molecule has 96 valence electrons. The van der Waals surface area contributed by atoms with E-state index in [1.807, 2.05) is 0 Å². The number of aliphatic hydroxyl groups excluding tert-OH is 1. The Morgan fingerprint density at radius 3 is 2.44 bits per heavy atom. The number of ether oxygens (including phenoxy) is 1. The van der Waals surface area contributed by atoms with Gasteiger partial charge < -0.3 is 15.2 Å². The van der Waals surface area contributed by atoms with Crippen LogP contribution in [0.2, 0.25) is 0 Å². The molecule has 0 amide bonds. The van der Waals surface area contributed by atoms with Crippen LogP contribution in [0.5, 0.6) is 0 Å². The van der Waals surface area contributed by atoms with E-state index in [1.54, 1.807) is 0 Å². The van der Waals surface area contributed by atoms with Gasteiger partial charge in [0.15, 0.2) is 0 Å². The van der Waals surface area contributed by atoms with Crippen molar-refractivity contribution in [3.63, 3.8) is 0 Å². The van der Waals surface area contributed by atoms with E-state index in [0.717, 1.165) is 12.8 Å². The van der Waals surface area contributed by atoms with E-state index in [9.17, 15) is 5.11 Å². The maximum atomic E-state index is 9.76. The van der Waals surface area contributed by atoms with E-state index in [4.69, 9.17) is 4.74 Å². The van der Waals surface area contributed by atoms with Gasteiger partial charge in [-0.15, -0.1) is 0 Å². The zero-order chi connectivity index (χ0) is 11.8. The van der Waals surface area contributed by atoms with E-state index in [-0.39, 0.29) is 6.10 Å². The van der Waals surface area contributed by atoms with Crippen molar-refractivity contribution in [3.05, 3.63) is 0 Å². The quantitative estimate of drug-likeness (QED) is 0.669. The summed E-state index contributed by atoms with van der Waals surface area (Å²) in [5.41, 5.74) is 0. The van der Waals surface area contributed by atoms with Gasteiger partial charge in [-0.2, -0.15) is 0 Å². The highest BCUT2D eigenvalue weighted by Gasteiger charge is 2.17. The zero-order valence-electron chi connectivity index (χ0n) is 10.7. The third-order valence-corrected chi connectivity index (χ3v) is 3.45. The first-order valence-corrected chi connectivity index (χ1v) is 6.79. The molecule has 0 saturated heterocycles. The number of rotatable bonds is 8. The summed E-state index contributed by atoms with van der Waals surface area (Å²) in [6, 6.07) is 0.529. The van der Waals surface area contributed by atoms with E-state index >= 15 is 0 Å². The van der Waals surface area contributed by atoms with Gasteiger partial charge in [0.2, 0.25) is 0 Å². The van der Waals surface area contributed by atoms with Gasteiger partial charge in [-0.1, -0.05) is 26.7 Å². The van der Waals surface area contributed by atoms with Crippen LogP contribution in [0.3, 0.4) is 0 Å². The van der Waals surface area contributed by atoms with Crippen molar-refractivity contribution < 1.29 is 9.84 Å². The van der Waals surface area contributed by atoms with Gasteiger partial charge in [0.25, 0.3) is 0 Å². The molecule has 0 radical (unpaired) electrons. The molecule has 1 aliphatic rings. The average Bonchev–Trinajstić information content (AvgIpc) is 2.80. The first kappa shape index (κ1) is 13.9. The summed E-state index contributed by atoms with van der Waals surface area (Å²) in [6.45, 7) is 5.47. The molecule has 1 unspecified atom stereocenters. The molecule has 1 rings (SSSR count). The smallest absolute Gasteiger partial charge is 0.0897 e. The molecule has 0 heterocycles. The Bertz CT molecular complexity index is 159. The van der Waals surface area contributed by atoms with Crippen molar-refractivity contribution in [2.45, 2.75) is 70.6 Å². The molecule has 0 aromatic heterocycles. The number of aliphatic hydroxyl groups is 1. The second-order valence-corrected chi connectivity index (χ2v) is 4.82. The molecule has 0 aromatic rings. The molecule has 16 heavy (non-hydrogen) atoms. The predicted octanol–water partition coefficient (Wildman–Crippen LogP) is 2.08. The monoisotopic (exact) mass is 229 g/mol. The Balaban J connectivity index is 2.03. The minimum atomic E-state index is -0.360. The van der Waals surface area contributed by atoms with Crippen molar-refractivity contribution in [2.24, 2.45) is 0 Å². The maximum absolute atomic E-state index is 9.76. The molecular formula is C13H27NO2. The standard InChI is InChI=1S/C13H27NO2/c1-3-11(4-2)14-9-12(15)10-16-13-7-5-6-8-13/h11-15H,3-10H2,1-2H3. The highest BCUT2D eigenvalue weighted by atomic mass is 16.5. The van der Waals surface area contributed by atoms with Crippen molar-refractivity contribution in [1.29, 1.82) is 0 Å². The summed E-state index contributed by atoms with van der Waals surface area (Å²) in [4.78, 5) is 0. The predicted molar refractivity (Wildman–Crippen MR) is 66.6 cm³/mol. The minimum Gasteiger partial charge on any atom is -0.389 e. The summed E-state index contributed by atoms with van der Waals surface area (Å²) in [6.07, 6.45) is 7.20. The van der Waals surface area contributed by atoms with Crippen molar-refractivity contribution in [2.75, 3.05) is 13.2 Å². The van der Waals surface area contributed by atoms with Crippen LogP contribution < -0.4 is 5.32 Å². The zero-order valence-corrected chi connectivity index (χ0v) is 10.7. The summed E-state index contributed by atoms with van der Waals surface area (Å²) >= 11 is 0. The Morgan fingerprint density at radius 1 is 1.25 bits per heavy atom. The third kappa shape index (κ3) is 5.28. The molecular weight excluding hydrogens is 202 g/mol. The molecule has 0 aromatic carbocycles. The molecule has 1 saturated carbocycles. The topological polar surface area (TPSA) is 41.5 Å². The Labute approximate surface area is 99.6 Å². The van der Waals surface area contributed by atoms with Gasteiger partial charge in [0.05, 0.1) is 18.8 Å². The number of hydrogen-bond donors (Lipinski definition) is 2. The Kier molecular flexibility index (Phi) is 7.01. The first-order valence-electron chi connectivity index (χ1n) is 6.79. The van der Waals surface area contributed by atoms with Crippen LogP contribution in [0.25, 0.3) is 0 Å². The highest BCUT2D eigenvalue weighted by Crippen LogP contribution is 2.20. The van der Waals surface area contributed by atoms with E-state index in [2.05, 4.69) is 19.2 Å². The third-order valence-electron chi connectivity index (χ3n) is 3.45. The molecule has 3 nitrogen and oxygen atoms in total. The Hall–Kier alpha value is -0.120. The van der Waals surface area contributed by atoms with Crippen LogP contribution >= 0.6 is 0 Å². The van der Waals surface area contributed by atoms with Crippen molar-refractivity contribution in [3.8, 4) is 0 Å². The fraction of sp³-hybridized carbons (Fsp3) is 1.00. The maximum Gasteiger partial charge on any atom is 0.0897 e. The summed E-state index contributed by atoms with van der Waals surface area (Å²) in [7, 11) is 0. The lowest BCUT2D eigenvalue weighted by molar-refractivity contribution is -0.00629. The fourth-order valence-corrected chi connectivity index (χ4v) is 2.24. The second-order valence-electron chi connectivity index (χ2n) is 4.82. The normalized spacial score (nSPS) is 19.5. The van der Waals surface area contributed by atoms with Crippen LogP contribution in [-0.2, 0) is 4.74 Å². The van der Waals surface area contributed by atoms with Crippen LogP contribution in [0.4, 0.5) is 0 Å². The summed E-state index contributed by atoms with van der Waals surface area (Å²) in [5.74, 6) is 0. The van der Waals surface area contributed by atoms with Crippen molar-refractivity contribution in [1.82, 2.24) is 5.32 Å². The van der Waals surface area contributed by atoms with Gasteiger partial charge in [-0.05, 0) is 25.7 Å². The first-order chi connectivity index (χ1) is 7.76. The Morgan fingerprint density at radius 2 is 1.88 bits per heavy atom. The summed E-state index contributed by atoms with van der Waals surface area (Å²) in [5, 5.41) is 13.1. The molecule has 0 bridgehead atoms. The highest BCUT2D eigenvalue weighted by molar-refractivity contribution is 4.70. The molecule has 1 fully saturated rings. The van der Waals surface area contributed by atoms with Crippen LogP contribution in [0.1, 0.15) is 52.4 Å². The van der Waals surface area contributed by atoms with Crippen LogP contribution in [0.15, 0.2) is 0 Å². The minimum absolute atomic E-state index is 0.360. The van der Waals surface area contributed by atoms with Gasteiger partial charge in [0.1, 0.15) is 0 Å². The van der Waals surface area contributed by atoms with Crippen LogP contribution in [0, 0.1) is 0 Å². The fourth-order valence-electron chi connectivity index (χ4n) is 2.24. The van der Waals surface area contributed by atoms with Gasteiger partial charge in [-0.3, -0.25) is 0 Å². The lowest BCUT2D eigenvalue weighted by Gasteiger charge is -2.19. The van der Waals surface area contributed by atoms with Gasteiger partial charge in [0, 0.05) is 12.6 Å². The van der Waals surface area contributed by atoms with Crippen molar-refractivity contribution >= 4 is 0 Å². The SMILES string of the molecule is CCC(CC)NCC(O)COC1CCCC1. The molecule has 1 aliphatic carbocycles. The molecule has 3 heteroatoms. The largest absolute Gasteiger partial charge is 0.389 e. The lowest BCUT2D eigenvalue weighted by atomic mass is 10.1. The molecule has 1 atom stereocenters. The average molecular weight is 229 g/mol. The van der Waals surface area contributed by atoms with E-state index in [1.165, 1.54) is 25.7 Å². The van der Waals surface area contributed by atoms with E-state index < -0.39 is 0 Å². The number of nitrogens with one attached hydrogen (secondary N) is 1. The second kappa shape index (κ2) is 8.04.